The number of methoxy groups -OCH3 is 1. The molecule has 2 heterocycles. The van der Waals surface area contributed by atoms with Crippen molar-refractivity contribution in [2.24, 2.45) is 5.92 Å². The molecule has 0 fully saturated rings. The monoisotopic (exact) mass is 362 g/mol. The van der Waals surface area contributed by atoms with E-state index in [1.165, 1.54) is 0 Å². The van der Waals surface area contributed by atoms with Crippen LogP contribution in [0.3, 0.4) is 0 Å². The van der Waals surface area contributed by atoms with Crippen molar-refractivity contribution in [3.63, 3.8) is 0 Å². The van der Waals surface area contributed by atoms with Crippen LogP contribution in [0.1, 0.15) is 11.3 Å². The molecule has 0 aliphatic carbocycles. The minimum atomic E-state index is -0.199. The Morgan fingerprint density at radius 2 is 2.04 bits per heavy atom. The molecule has 1 aromatic heterocycles. The van der Waals surface area contributed by atoms with Crippen LogP contribution < -0.4 is 9.47 Å². The summed E-state index contributed by atoms with van der Waals surface area (Å²) in [6, 6.07) is 17.8. The topological polar surface area (TPSA) is 51.7 Å². The van der Waals surface area contributed by atoms with E-state index >= 15 is 0 Å². The van der Waals surface area contributed by atoms with Crippen molar-refractivity contribution in [1.29, 1.82) is 0 Å². The van der Waals surface area contributed by atoms with E-state index in [0.29, 0.717) is 25.3 Å². The van der Waals surface area contributed by atoms with Gasteiger partial charge in [0.2, 0.25) is 5.91 Å². The van der Waals surface area contributed by atoms with Gasteiger partial charge in [-0.3, -0.25) is 9.78 Å². The van der Waals surface area contributed by atoms with Gasteiger partial charge >= 0.3 is 0 Å². The minimum absolute atomic E-state index is 0.0680. The SMILES string of the molecule is COc1cccc2c1OC[C@H](C(=O)N(C)Cc1ccc3ccccc3n1)C2. The molecule has 27 heavy (non-hydrogen) atoms. The fraction of sp³-hybridized carbons (Fsp3) is 0.273. The maximum Gasteiger partial charge on any atom is 0.229 e. The van der Waals surface area contributed by atoms with Gasteiger partial charge in [-0.15, -0.1) is 0 Å². The number of carbonyl (C=O) groups excluding carboxylic acids is 1. The maximum atomic E-state index is 12.9. The third-order valence-corrected chi connectivity index (χ3v) is 4.96. The van der Waals surface area contributed by atoms with Crippen molar-refractivity contribution in [3.8, 4) is 11.5 Å². The van der Waals surface area contributed by atoms with E-state index in [0.717, 1.165) is 27.9 Å². The number of hydrogen-bond donors (Lipinski definition) is 0. The second kappa shape index (κ2) is 7.27. The molecule has 0 spiro atoms. The normalized spacial score (nSPS) is 15.7. The summed E-state index contributed by atoms with van der Waals surface area (Å²) in [7, 11) is 3.45. The van der Waals surface area contributed by atoms with Gasteiger partial charge in [-0.2, -0.15) is 0 Å². The number of pyridine rings is 1. The molecule has 0 saturated heterocycles. The molecule has 1 aliphatic heterocycles. The molecule has 138 valence electrons. The largest absolute Gasteiger partial charge is 0.493 e. The summed E-state index contributed by atoms with van der Waals surface area (Å²) in [4.78, 5) is 19.3. The van der Waals surface area contributed by atoms with Crippen molar-refractivity contribution < 1.29 is 14.3 Å². The molecular formula is C22H22N2O3. The summed E-state index contributed by atoms with van der Waals surface area (Å²) in [5.41, 5.74) is 2.83. The molecular weight excluding hydrogens is 340 g/mol. The third kappa shape index (κ3) is 3.45. The highest BCUT2D eigenvalue weighted by molar-refractivity contribution is 5.80. The molecule has 4 rings (SSSR count). The molecule has 0 radical (unpaired) electrons. The van der Waals surface area contributed by atoms with Gasteiger partial charge in [-0.1, -0.05) is 36.4 Å². The number of ether oxygens (including phenoxy) is 2. The predicted octanol–water partition coefficient (Wildman–Crippen LogP) is 3.45. The van der Waals surface area contributed by atoms with E-state index in [1.54, 1.807) is 12.0 Å². The minimum Gasteiger partial charge on any atom is -0.493 e. The first-order chi connectivity index (χ1) is 13.2. The lowest BCUT2D eigenvalue weighted by Gasteiger charge is -2.29. The number of amides is 1. The van der Waals surface area contributed by atoms with Crippen LogP contribution in [-0.2, 0) is 17.8 Å². The number of para-hydroxylation sites is 2. The van der Waals surface area contributed by atoms with E-state index < -0.39 is 0 Å². The van der Waals surface area contributed by atoms with Crippen LogP contribution in [0.5, 0.6) is 11.5 Å². The average molecular weight is 362 g/mol. The smallest absolute Gasteiger partial charge is 0.229 e. The Morgan fingerprint density at radius 3 is 2.89 bits per heavy atom. The Balaban J connectivity index is 1.47. The highest BCUT2D eigenvalue weighted by Crippen LogP contribution is 2.36. The Labute approximate surface area is 158 Å². The number of nitrogens with zero attached hydrogens (tertiary/aromatic N) is 2. The number of fused-ring (bicyclic) bond motifs is 2. The Morgan fingerprint density at radius 1 is 1.19 bits per heavy atom. The van der Waals surface area contributed by atoms with Gasteiger partial charge in [0, 0.05) is 12.4 Å². The zero-order valence-corrected chi connectivity index (χ0v) is 15.5. The van der Waals surface area contributed by atoms with Gasteiger partial charge < -0.3 is 14.4 Å². The summed E-state index contributed by atoms with van der Waals surface area (Å²) in [6.07, 6.45) is 0.654. The van der Waals surface area contributed by atoms with Crippen LogP contribution in [0.4, 0.5) is 0 Å². The van der Waals surface area contributed by atoms with Gasteiger partial charge in [-0.25, -0.2) is 0 Å². The second-order valence-corrected chi connectivity index (χ2v) is 6.85. The lowest BCUT2D eigenvalue weighted by atomic mass is 9.95. The maximum absolute atomic E-state index is 12.9. The van der Waals surface area contributed by atoms with E-state index in [1.807, 2.05) is 61.6 Å². The fourth-order valence-electron chi connectivity index (χ4n) is 3.54. The van der Waals surface area contributed by atoms with Crippen molar-refractivity contribution in [1.82, 2.24) is 9.88 Å². The number of rotatable bonds is 4. The first-order valence-electron chi connectivity index (χ1n) is 9.04. The van der Waals surface area contributed by atoms with Crippen LogP contribution in [0, 0.1) is 5.92 Å². The van der Waals surface area contributed by atoms with Crippen molar-refractivity contribution >= 4 is 16.8 Å². The van der Waals surface area contributed by atoms with Gasteiger partial charge in [0.25, 0.3) is 0 Å². The highest BCUT2D eigenvalue weighted by Gasteiger charge is 2.29. The Bertz CT molecular complexity index is 986. The lowest BCUT2D eigenvalue weighted by Crippen LogP contribution is -2.38. The summed E-state index contributed by atoms with van der Waals surface area (Å²) in [5, 5.41) is 1.10. The number of carbonyl (C=O) groups is 1. The molecule has 0 N–H and O–H groups in total. The van der Waals surface area contributed by atoms with Gasteiger partial charge in [0.15, 0.2) is 11.5 Å². The summed E-state index contributed by atoms with van der Waals surface area (Å²) >= 11 is 0. The van der Waals surface area contributed by atoms with E-state index in [9.17, 15) is 4.79 Å². The number of hydrogen-bond acceptors (Lipinski definition) is 4. The zero-order valence-electron chi connectivity index (χ0n) is 15.5. The van der Waals surface area contributed by atoms with E-state index in [4.69, 9.17) is 9.47 Å². The summed E-state index contributed by atoms with van der Waals surface area (Å²) < 4.78 is 11.2. The van der Waals surface area contributed by atoms with Crippen LogP contribution in [0.25, 0.3) is 10.9 Å². The first kappa shape index (κ1) is 17.3. The van der Waals surface area contributed by atoms with Crippen molar-refractivity contribution in [2.75, 3.05) is 20.8 Å². The standard InChI is InChI=1S/C22H22N2O3/c1-24(13-18-11-10-15-6-3-4-8-19(15)23-18)22(25)17-12-16-7-5-9-20(26-2)21(16)27-14-17/h3-11,17H,12-14H2,1-2H3/t17-/m1/s1. The molecule has 0 saturated carbocycles. The van der Waals surface area contributed by atoms with Crippen LogP contribution in [0.15, 0.2) is 54.6 Å². The lowest BCUT2D eigenvalue weighted by molar-refractivity contribution is -0.136. The Hall–Kier alpha value is -3.08. The van der Waals surface area contributed by atoms with Gasteiger partial charge in [0.1, 0.15) is 6.61 Å². The van der Waals surface area contributed by atoms with Gasteiger partial charge in [0.05, 0.1) is 30.8 Å². The molecule has 5 heteroatoms. The molecule has 1 aliphatic rings. The molecule has 0 bridgehead atoms. The highest BCUT2D eigenvalue weighted by atomic mass is 16.5. The average Bonchev–Trinajstić information content (AvgIpc) is 2.72. The van der Waals surface area contributed by atoms with Crippen molar-refractivity contribution in [2.45, 2.75) is 13.0 Å². The summed E-state index contributed by atoms with van der Waals surface area (Å²) in [6.45, 7) is 0.840. The first-order valence-corrected chi connectivity index (χ1v) is 9.04. The van der Waals surface area contributed by atoms with Crippen LogP contribution in [-0.4, -0.2) is 36.6 Å². The van der Waals surface area contributed by atoms with E-state index in [-0.39, 0.29) is 11.8 Å². The van der Waals surface area contributed by atoms with Crippen molar-refractivity contribution in [3.05, 3.63) is 65.9 Å². The number of aromatic nitrogens is 1. The predicted molar refractivity (Wildman–Crippen MR) is 104 cm³/mol. The zero-order chi connectivity index (χ0) is 18.8. The summed E-state index contributed by atoms with van der Waals surface area (Å²) in [5.74, 6) is 1.34. The molecule has 3 aromatic rings. The molecule has 0 unspecified atom stereocenters. The fourth-order valence-corrected chi connectivity index (χ4v) is 3.54. The van der Waals surface area contributed by atoms with Gasteiger partial charge in [-0.05, 0) is 30.2 Å². The molecule has 5 nitrogen and oxygen atoms in total. The van der Waals surface area contributed by atoms with E-state index in [2.05, 4.69) is 4.98 Å². The number of benzene rings is 2. The quantitative estimate of drug-likeness (QED) is 0.713. The molecule has 1 amide bonds. The van der Waals surface area contributed by atoms with Crippen LogP contribution in [0.2, 0.25) is 0 Å². The van der Waals surface area contributed by atoms with Crippen LogP contribution >= 0.6 is 0 Å². The second-order valence-electron chi connectivity index (χ2n) is 6.85. The molecule has 1 atom stereocenters. The molecule has 2 aromatic carbocycles. The third-order valence-electron chi connectivity index (χ3n) is 4.96. The Kier molecular flexibility index (Phi) is 4.67.